The molecule has 0 amide bonds. The van der Waals surface area contributed by atoms with Crippen LogP contribution in [-0.4, -0.2) is 23.4 Å². The zero-order valence-corrected chi connectivity index (χ0v) is 12.4. The molecule has 0 radical (unpaired) electrons. The Labute approximate surface area is 107 Å². The Morgan fingerprint density at radius 1 is 1.38 bits per heavy atom. The highest BCUT2D eigenvalue weighted by Gasteiger charge is 2.14. The molecule has 2 nitrogen and oxygen atoms in total. The van der Waals surface area contributed by atoms with Crippen molar-refractivity contribution in [3.05, 3.63) is 23.9 Å². The minimum atomic E-state index is 0.173. The van der Waals surface area contributed by atoms with Crippen LogP contribution in [0.5, 0.6) is 0 Å². The number of pyridine rings is 1. The lowest BCUT2D eigenvalue weighted by Gasteiger charge is -2.22. The highest BCUT2D eigenvalue weighted by atomic mass is 79.9. The van der Waals surface area contributed by atoms with Crippen LogP contribution < -0.4 is 4.90 Å². The van der Waals surface area contributed by atoms with Crippen molar-refractivity contribution in [1.82, 2.24) is 4.98 Å². The SMILES string of the molecule is CC(Br)CN(C)c1ccc(C(C)(C)C)cn1. The molecular formula is C13H21BrN2. The van der Waals surface area contributed by atoms with Crippen molar-refractivity contribution in [1.29, 1.82) is 0 Å². The van der Waals surface area contributed by atoms with E-state index in [-0.39, 0.29) is 5.41 Å². The van der Waals surface area contributed by atoms with Crippen molar-refractivity contribution in [2.45, 2.75) is 37.9 Å². The van der Waals surface area contributed by atoms with Gasteiger partial charge in [-0.05, 0) is 17.0 Å². The van der Waals surface area contributed by atoms with E-state index < -0.39 is 0 Å². The molecule has 0 N–H and O–H groups in total. The number of hydrogen-bond acceptors (Lipinski definition) is 2. The molecule has 0 saturated heterocycles. The van der Waals surface area contributed by atoms with E-state index >= 15 is 0 Å². The third kappa shape index (κ3) is 3.78. The minimum absolute atomic E-state index is 0.173. The van der Waals surface area contributed by atoms with Gasteiger partial charge in [0, 0.05) is 24.6 Å². The minimum Gasteiger partial charge on any atom is -0.359 e. The van der Waals surface area contributed by atoms with Crippen LogP contribution in [0.4, 0.5) is 5.82 Å². The molecule has 1 atom stereocenters. The monoisotopic (exact) mass is 284 g/mol. The van der Waals surface area contributed by atoms with Gasteiger partial charge in [-0.3, -0.25) is 0 Å². The van der Waals surface area contributed by atoms with Crippen LogP contribution in [0.3, 0.4) is 0 Å². The Kier molecular flexibility index (Phi) is 4.36. The van der Waals surface area contributed by atoms with Crippen LogP contribution in [0, 0.1) is 0 Å². The summed E-state index contributed by atoms with van der Waals surface area (Å²) in [7, 11) is 2.07. The number of alkyl halides is 1. The van der Waals surface area contributed by atoms with Crippen molar-refractivity contribution in [3.63, 3.8) is 0 Å². The van der Waals surface area contributed by atoms with E-state index in [4.69, 9.17) is 0 Å². The molecule has 0 bridgehead atoms. The first-order valence-corrected chi connectivity index (χ1v) is 6.54. The number of anilines is 1. The predicted octanol–water partition coefficient (Wildman–Crippen LogP) is 3.60. The van der Waals surface area contributed by atoms with Crippen LogP contribution in [0.15, 0.2) is 18.3 Å². The second-order valence-corrected chi connectivity index (χ2v) is 6.88. The van der Waals surface area contributed by atoms with Crippen LogP contribution in [0.1, 0.15) is 33.3 Å². The molecule has 0 saturated carbocycles. The van der Waals surface area contributed by atoms with Crippen LogP contribution in [-0.2, 0) is 5.41 Å². The van der Waals surface area contributed by atoms with Crippen LogP contribution in [0.25, 0.3) is 0 Å². The van der Waals surface area contributed by atoms with Gasteiger partial charge in [0.05, 0.1) is 0 Å². The summed E-state index contributed by atoms with van der Waals surface area (Å²) in [6.07, 6.45) is 1.98. The first-order chi connectivity index (χ1) is 7.30. The Balaban J connectivity index is 2.79. The Morgan fingerprint density at radius 2 is 2.00 bits per heavy atom. The zero-order chi connectivity index (χ0) is 12.3. The zero-order valence-electron chi connectivity index (χ0n) is 10.8. The van der Waals surface area contributed by atoms with E-state index in [1.807, 2.05) is 6.20 Å². The number of aromatic nitrogens is 1. The first-order valence-electron chi connectivity index (χ1n) is 5.62. The number of halogens is 1. The molecule has 1 rings (SSSR count). The summed E-state index contributed by atoms with van der Waals surface area (Å²) in [6.45, 7) is 9.71. The molecule has 16 heavy (non-hydrogen) atoms. The Bertz CT molecular complexity index is 325. The summed E-state index contributed by atoms with van der Waals surface area (Å²) in [5, 5.41) is 0. The van der Waals surface area contributed by atoms with Crippen molar-refractivity contribution in [2.75, 3.05) is 18.5 Å². The molecule has 0 spiro atoms. The van der Waals surface area contributed by atoms with Gasteiger partial charge >= 0.3 is 0 Å². The predicted molar refractivity (Wildman–Crippen MR) is 74.6 cm³/mol. The Hall–Kier alpha value is -0.570. The van der Waals surface area contributed by atoms with Gasteiger partial charge in [-0.2, -0.15) is 0 Å². The summed E-state index contributed by atoms with van der Waals surface area (Å²) in [5.41, 5.74) is 1.45. The Morgan fingerprint density at radius 3 is 2.38 bits per heavy atom. The van der Waals surface area contributed by atoms with E-state index in [1.165, 1.54) is 5.56 Å². The van der Waals surface area contributed by atoms with E-state index in [1.54, 1.807) is 0 Å². The fourth-order valence-electron chi connectivity index (χ4n) is 1.53. The number of rotatable bonds is 3. The molecular weight excluding hydrogens is 264 g/mol. The third-order valence-electron chi connectivity index (χ3n) is 2.53. The fourth-order valence-corrected chi connectivity index (χ4v) is 1.96. The molecule has 1 unspecified atom stereocenters. The fraction of sp³-hybridized carbons (Fsp3) is 0.615. The summed E-state index contributed by atoms with van der Waals surface area (Å²) in [6, 6.07) is 4.26. The maximum atomic E-state index is 4.50. The molecule has 90 valence electrons. The summed E-state index contributed by atoms with van der Waals surface area (Å²) in [4.78, 5) is 7.14. The van der Waals surface area contributed by atoms with Crippen LogP contribution in [0.2, 0.25) is 0 Å². The van der Waals surface area contributed by atoms with Gasteiger partial charge in [-0.15, -0.1) is 0 Å². The molecule has 0 fully saturated rings. The molecule has 3 heteroatoms. The van der Waals surface area contributed by atoms with Crippen molar-refractivity contribution in [2.24, 2.45) is 0 Å². The number of hydrogen-bond donors (Lipinski definition) is 0. The van der Waals surface area contributed by atoms with Gasteiger partial charge in [0.25, 0.3) is 0 Å². The molecule has 0 aliphatic heterocycles. The van der Waals surface area contributed by atoms with Gasteiger partial charge in [0.15, 0.2) is 0 Å². The summed E-state index contributed by atoms with van der Waals surface area (Å²) < 4.78 is 0. The third-order valence-corrected chi connectivity index (χ3v) is 2.82. The van der Waals surface area contributed by atoms with Crippen molar-refractivity contribution >= 4 is 21.7 Å². The lowest BCUT2D eigenvalue weighted by molar-refractivity contribution is 0.587. The largest absolute Gasteiger partial charge is 0.359 e. The summed E-state index contributed by atoms with van der Waals surface area (Å²) in [5.74, 6) is 1.03. The number of nitrogens with zero attached hydrogens (tertiary/aromatic N) is 2. The topological polar surface area (TPSA) is 16.1 Å². The molecule has 1 aromatic rings. The van der Waals surface area contributed by atoms with E-state index in [2.05, 4.69) is 72.7 Å². The molecule has 1 aromatic heterocycles. The van der Waals surface area contributed by atoms with E-state index in [0.29, 0.717) is 4.83 Å². The second kappa shape index (κ2) is 5.17. The van der Waals surface area contributed by atoms with E-state index in [0.717, 1.165) is 12.4 Å². The quantitative estimate of drug-likeness (QED) is 0.789. The van der Waals surface area contributed by atoms with Gasteiger partial charge in [0.1, 0.15) is 5.82 Å². The lowest BCUT2D eigenvalue weighted by Crippen LogP contribution is -2.25. The highest BCUT2D eigenvalue weighted by molar-refractivity contribution is 9.09. The molecule has 0 aliphatic rings. The summed E-state index contributed by atoms with van der Waals surface area (Å²) >= 11 is 3.55. The first kappa shape index (κ1) is 13.5. The average molecular weight is 285 g/mol. The molecule has 1 heterocycles. The second-order valence-electron chi connectivity index (χ2n) is 5.32. The van der Waals surface area contributed by atoms with Gasteiger partial charge in [-0.1, -0.05) is 49.7 Å². The van der Waals surface area contributed by atoms with Gasteiger partial charge < -0.3 is 4.90 Å². The van der Waals surface area contributed by atoms with Crippen molar-refractivity contribution in [3.8, 4) is 0 Å². The maximum Gasteiger partial charge on any atom is 0.128 e. The normalized spacial score (nSPS) is 13.6. The van der Waals surface area contributed by atoms with E-state index in [9.17, 15) is 0 Å². The average Bonchev–Trinajstić information content (AvgIpc) is 2.15. The van der Waals surface area contributed by atoms with Gasteiger partial charge in [-0.25, -0.2) is 4.98 Å². The maximum absolute atomic E-state index is 4.50. The lowest BCUT2D eigenvalue weighted by atomic mass is 9.88. The standard InChI is InChI=1S/C13H21BrN2/c1-10(14)9-16(5)12-7-6-11(8-15-12)13(2,3)4/h6-8,10H,9H2,1-5H3. The van der Waals surface area contributed by atoms with Crippen LogP contribution >= 0.6 is 15.9 Å². The van der Waals surface area contributed by atoms with Gasteiger partial charge in [0.2, 0.25) is 0 Å². The smallest absolute Gasteiger partial charge is 0.128 e. The molecule has 0 aromatic carbocycles. The highest BCUT2D eigenvalue weighted by Crippen LogP contribution is 2.22. The molecule has 0 aliphatic carbocycles. The van der Waals surface area contributed by atoms with Crippen molar-refractivity contribution < 1.29 is 0 Å².